The van der Waals surface area contributed by atoms with Gasteiger partial charge >= 0.3 is 0 Å². The number of hydrogen-bond donors (Lipinski definition) is 1. The number of nitrogens with one attached hydrogen (secondary N) is 1. The third-order valence-corrected chi connectivity index (χ3v) is 3.45. The zero-order valence-corrected chi connectivity index (χ0v) is 14.0. The van der Waals surface area contributed by atoms with E-state index in [2.05, 4.69) is 5.32 Å². The fourth-order valence-corrected chi connectivity index (χ4v) is 2.21. The summed E-state index contributed by atoms with van der Waals surface area (Å²) in [6, 6.07) is 16.9. The van der Waals surface area contributed by atoms with Gasteiger partial charge in [0.25, 0.3) is 5.91 Å². The van der Waals surface area contributed by atoms with Crippen LogP contribution in [-0.2, 0) is 9.53 Å². The van der Waals surface area contributed by atoms with Crippen molar-refractivity contribution in [2.24, 2.45) is 0 Å². The summed E-state index contributed by atoms with van der Waals surface area (Å²) < 4.78 is 16.2. The number of amides is 1. The molecule has 0 spiro atoms. The first-order valence-corrected chi connectivity index (χ1v) is 7.93. The molecular formula is C19H23NO4. The van der Waals surface area contributed by atoms with Crippen LogP contribution in [0.2, 0.25) is 0 Å². The number of rotatable bonds is 9. The summed E-state index contributed by atoms with van der Waals surface area (Å²) in [4.78, 5) is 11.9. The first kappa shape index (κ1) is 17.8. The number of carbonyl (C=O) groups is 1. The third kappa shape index (κ3) is 5.59. The average molecular weight is 329 g/mol. The zero-order chi connectivity index (χ0) is 17.2. The minimum atomic E-state index is -0.193. The van der Waals surface area contributed by atoms with E-state index in [0.29, 0.717) is 18.9 Å². The molecular weight excluding hydrogens is 306 g/mol. The molecule has 1 N–H and O–H groups in total. The molecule has 5 nitrogen and oxygen atoms in total. The Kier molecular flexibility index (Phi) is 7.11. The lowest BCUT2D eigenvalue weighted by Crippen LogP contribution is -2.33. The fourth-order valence-electron chi connectivity index (χ4n) is 2.21. The molecule has 0 aliphatic heterocycles. The maximum absolute atomic E-state index is 11.9. The maximum atomic E-state index is 11.9. The van der Waals surface area contributed by atoms with Gasteiger partial charge in [0.05, 0.1) is 12.7 Å². The first-order valence-electron chi connectivity index (χ1n) is 7.93. The zero-order valence-electron chi connectivity index (χ0n) is 14.0. The monoisotopic (exact) mass is 329 g/mol. The first-order chi connectivity index (χ1) is 11.7. The van der Waals surface area contributed by atoms with Crippen molar-refractivity contribution in [1.29, 1.82) is 0 Å². The van der Waals surface area contributed by atoms with Gasteiger partial charge in [-0.3, -0.25) is 4.79 Å². The van der Waals surface area contributed by atoms with Crippen LogP contribution in [0.3, 0.4) is 0 Å². The molecule has 0 radical (unpaired) electrons. The molecule has 2 aromatic carbocycles. The summed E-state index contributed by atoms with van der Waals surface area (Å²) in [7, 11) is 1.63. The van der Waals surface area contributed by atoms with Gasteiger partial charge in [-0.1, -0.05) is 30.3 Å². The van der Waals surface area contributed by atoms with Gasteiger partial charge in [0.2, 0.25) is 0 Å². The molecule has 128 valence electrons. The van der Waals surface area contributed by atoms with Crippen molar-refractivity contribution in [2.75, 3.05) is 26.9 Å². The Hall–Kier alpha value is -2.53. The standard InChI is InChI=1S/C19H23NO4/c1-3-23-16-9-11-17(12-10-16)24-14-19(21)20-13-18(22-2)15-7-5-4-6-8-15/h4-12,18H,3,13-14H2,1-2H3,(H,20,21). The normalized spacial score (nSPS) is 11.6. The van der Waals surface area contributed by atoms with Gasteiger partial charge < -0.3 is 19.5 Å². The molecule has 0 heterocycles. The molecule has 0 saturated heterocycles. The average Bonchev–Trinajstić information content (AvgIpc) is 2.63. The van der Waals surface area contributed by atoms with Gasteiger partial charge in [0.1, 0.15) is 11.5 Å². The summed E-state index contributed by atoms with van der Waals surface area (Å²) >= 11 is 0. The molecule has 5 heteroatoms. The highest BCUT2D eigenvalue weighted by atomic mass is 16.5. The highest BCUT2D eigenvalue weighted by Crippen LogP contribution is 2.17. The van der Waals surface area contributed by atoms with Crippen molar-refractivity contribution in [1.82, 2.24) is 5.32 Å². The van der Waals surface area contributed by atoms with Gasteiger partial charge in [-0.05, 0) is 36.8 Å². The molecule has 2 aromatic rings. The van der Waals surface area contributed by atoms with E-state index in [4.69, 9.17) is 14.2 Å². The van der Waals surface area contributed by atoms with E-state index in [9.17, 15) is 4.79 Å². The van der Waals surface area contributed by atoms with Gasteiger partial charge in [-0.2, -0.15) is 0 Å². The highest BCUT2D eigenvalue weighted by Gasteiger charge is 2.12. The maximum Gasteiger partial charge on any atom is 0.258 e. The van der Waals surface area contributed by atoms with Gasteiger partial charge in [-0.15, -0.1) is 0 Å². The Morgan fingerprint density at radius 2 is 1.62 bits per heavy atom. The van der Waals surface area contributed by atoms with Crippen LogP contribution in [-0.4, -0.2) is 32.8 Å². The summed E-state index contributed by atoms with van der Waals surface area (Å²) in [5.41, 5.74) is 1.02. The lowest BCUT2D eigenvalue weighted by Gasteiger charge is -2.16. The van der Waals surface area contributed by atoms with E-state index in [-0.39, 0.29) is 18.6 Å². The van der Waals surface area contributed by atoms with E-state index in [0.717, 1.165) is 11.3 Å². The van der Waals surface area contributed by atoms with Crippen LogP contribution in [0.25, 0.3) is 0 Å². The molecule has 1 atom stereocenters. The van der Waals surface area contributed by atoms with Crippen LogP contribution in [0.15, 0.2) is 54.6 Å². The molecule has 24 heavy (non-hydrogen) atoms. The SMILES string of the molecule is CCOc1ccc(OCC(=O)NCC(OC)c2ccccc2)cc1. The van der Waals surface area contributed by atoms with E-state index < -0.39 is 0 Å². The minimum Gasteiger partial charge on any atom is -0.494 e. The molecule has 0 aliphatic carbocycles. The molecule has 0 bridgehead atoms. The Morgan fingerprint density at radius 1 is 1.00 bits per heavy atom. The van der Waals surface area contributed by atoms with Crippen LogP contribution >= 0.6 is 0 Å². The van der Waals surface area contributed by atoms with E-state index >= 15 is 0 Å². The molecule has 0 fully saturated rings. The quantitative estimate of drug-likeness (QED) is 0.768. The fraction of sp³-hybridized carbons (Fsp3) is 0.316. The smallest absolute Gasteiger partial charge is 0.258 e. The summed E-state index contributed by atoms with van der Waals surface area (Å²) in [5.74, 6) is 1.21. The number of carbonyl (C=O) groups excluding carboxylic acids is 1. The second-order valence-corrected chi connectivity index (χ2v) is 5.13. The summed E-state index contributed by atoms with van der Waals surface area (Å²) in [6.45, 7) is 2.90. The van der Waals surface area contributed by atoms with Crippen LogP contribution < -0.4 is 14.8 Å². The Bertz CT molecular complexity index is 613. The highest BCUT2D eigenvalue weighted by molar-refractivity contribution is 5.77. The predicted octanol–water partition coefficient (Wildman–Crippen LogP) is 2.97. The van der Waals surface area contributed by atoms with Gasteiger partial charge in [0.15, 0.2) is 6.61 Å². The molecule has 2 rings (SSSR count). The Labute approximate surface area is 142 Å². The van der Waals surface area contributed by atoms with Crippen molar-refractivity contribution in [3.8, 4) is 11.5 Å². The van der Waals surface area contributed by atoms with Crippen LogP contribution in [0, 0.1) is 0 Å². The van der Waals surface area contributed by atoms with Gasteiger partial charge in [0, 0.05) is 13.7 Å². The van der Waals surface area contributed by atoms with Crippen molar-refractivity contribution in [3.63, 3.8) is 0 Å². The molecule has 1 unspecified atom stereocenters. The molecule has 1 amide bonds. The van der Waals surface area contributed by atoms with Crippen molar-refractivity contribution >= 4 is 5.91 Å². The van der Waals surface area contributed by atoms with Crippen molar-refractivity contribution < 1.29 is 19.0 Å². The van der Waals surface area contributed by atoms with Crippen molar-refractivity contribution in [3.05, 3.63) is 60.2 Å². The third-order valence-electron chi connectivity index (χ3n) is 3.45. The summed E-state index contributed by atoms with van der Waals surface area (Å²) in [5, 5.41) is 2.82. The van der Waals surface area contributed by atoms with E-state index in [1.165, 1.54) is 0 Å². The Morgan fingerprint density at radius 3 is 2.21 bits per heavy atom. The summed E-state index contributed by atoms with van der Waals surface area (Å²) in [6.07, 6.45) is -0.180. The van der Waals surface area contributed by atoms with Crippen molar-refractivity contribution in [2.45, 2.75) is 13.0 Å². The molecule has 0 aromatic heterocycles. The predicted molar refractivity (Wildman–Crippen MR) is 92.3 cm³/mol. The van der Waals surface area contributed by atoms with Gasteiger partial charge in [-0.25, -0.2) is 0 Å². The lowest BCUT2D eigenvalue weighted by molar-refractivity contribution is -0.123. The van der Waals surface area contributed by atoms with Crippen LogP contribution in [0.4, 0.5) is 0 Å². The van der Waals surface area contributed by atoms with E-state index in [1.807, 2.05) is 49.4 Å². The lowest BCUT2D eigenvalue weighted by atomic mass is 10.1. The largest absolute Gasteiger partial charge is 0.494 e. The second kappa shape index (κ2) is 9.57. The Balaban J connectivity index is 1.76. The molecule has 0 saturated carbocycles. The second-order valence-electron chi connectivity index (χ2n) is 5.13. The molecule has 0 aliphatic rings. The van der Waals surface area contributed by atoms with E-state index in [1.54, 1.807) is 19.2 Å². The number of hydrogen-bond acceptors (Lipinski definition) is 4. The number of ether oxygens (including phenoxy) is 3. The topological polar surface area (TPSA) is 56.8 Å². The number of methoxy groups -OCH3 is 1. The number of benzene rings is 2. The van der Waals surface area contributed by atoms with Crippen LogP contribution in [0.5, 0.6) is 11.5 Å². The van der Waals surface area contributed by atoms with Crippen LogP contribution in [0.1, 0.15) is 18.6 Å². The minimum absolute atomic E-state index is 0.0425.